The summed E-state index contributed by atoms with van der Waals surface area (Å²) in [4.78, 5) is 12.4. The maximum atomic E-state index is 12.3. The normalized spacial score (nSPS) is 27.8. The third-order valence-electron chi connectivity index (χ3n) is 4.25. The molecule has 116 valence electrons. The molecule has 0 bridgehead atoms. The molecule has 2 aliphatic rings. The van der Waals surface area contributed by atoms with E-state index >= 15 is 0 Å². The van der Waals surface area contributed by atoms with Crippen molar-refractivity contribution in [2.24, 2.45) is 5.41 Å². The molecule has 0 aliphatic carbocycles. The summed E-state index contributed by atoms with van der Waals surface area (Å²) in [5, 5.41) is 9.02. The van der Waals surface area contributed by atoms with Crippen LogP contribution in [0.15, 0.2) is 0 Å². The number of piperidine rings is 1. The second-order valence-corrected chi connectivity index (χ2v) is 8.70. The van der Waals surface area contributed by atoms with Crippen LogP contribution in [0.3, 0.4) is 0 Å². The summed E-state index contributed by atoms with van der Waals surface area (Å²) in [6.45, 7) is 8.04. The third-order valence-corrected chi connectivity index (χ3v) is 5.86. The number of amides is 1. The fourth-order valence-corrected chi connectivity index (χ4v) is 3.69. The largest absolute Gasteiger partial charge is 0.465 e. The van der Waals surface area contributed by atoms with Crippen molar-refractivity contribution in [1.29, 1.82) is 0 Å². The molecule has 1 amide bonds. The molecule has 1 unspecified atom stereocenters. The molecule has 0 radical (unpaired) electrons. The highest BCUT2D eigenvalue weighted by Gasteiger charge is 2.47. The average molecular weight is 304 g/mol. The Hall–Kier alpha value is -0.660. The van der Waals surface area contributed by atoms with Gasteiger partial charge in [0.1, 0.15) is 0 Å². The quantitative estimate of drug-likeness (QED) is 0.803. The van der Waals surface area contributed by atoms with Crippen LogP contribution in [0.1, 0.15) is 33.6 Å². The van der Waals surface area contributed by atoms with Crippen molar-refractivity contribution in [3.63, 3.8) is 0 Å². The number of hydrogen-bond donors (Lipinski definition) is 2. The molecule has 2 N–H and O–H groups in total. The zero-order valence-corrected chi connectivity index (χ0v) is 13.2. The summed E-state index contributed by atoms with van der Waals surface area (Å²) >= 11 is 0. The molecule has 0 saturated carbocycles. The summed E-state index contributed by atoms with van der Waals surface area (Å²) in [6, 6.07) is 0.0403. The van der Waals surface area contributed by atoms with Gasteiger partial charge in [0, 0.05) is 18.5 Å². The Morgan fingerprint density at radius 3 is 2.50 bits per heavy atom. The highest BCUT2D eigenvalue weighted by Crippen LogP contribution is 2.40. The molecule has 0 aromatic rings. The van der Waals surface area contributed by atoms with E-state index in [1.807, 2.05) is 20.8 Å². The van der Waals surface area contributed by atoms with Crippen LogP contribution in [0.2, 0.25) is 0 Å². The molecule has 2 atom stereocenters. The first-order chi connectivity index (χ1) is 9.24. The molecule has 0 aromatic heterocycles. The van der Waals surface area contributed by atoms with Crippen molar-refractivity contribution in [1.82, 2.24) is 9.62 Å². The Morgan fingerprint density at radius 2 is 2.00 bits per heavy atom. The number of nitrogens with zero attached hydrogens (tertiary/aromatic N) is 1. The number of hydrogen-bond acceptors (Lipinski definition) is 3. The number of nitrogens with one attached hydrogen (secondary N) is 1. The van der Waals surface area contributed by atoms with Crippen molar-refractivity contribution in [2.45, 2.75) is 44.4 Å². The van der Waals surface area contributed by atoms with Gasteiger partial charge in [0.15, 0.2) is 0 Å². The lowest BCUT2D eigenvalue weighted by atomic mass is 9.75. The van der Waals surface area contributed by atoms with Crippen LogP contribution in [-0.2, 0) is 15.7 Å². The highest BCUT2D eigenvalue weighted by atomic mass is 32.2. The average Bonchev–Trinajstić information content (AvgIpc) is 2.71. The molecular formula is C13H24N2O4S. The SMILES string of the molecule is CC(C)(C)[S@@](=O)NC1COCC12CCN(C(=O)O)CC2. The molecule has 0 aromatic carbocycles. The van der Waals surface area contributed by atoms with Crippen molar-refractivity contribution in [2.75, 3.05) is 26.3 Å². The zero-order valence-electron chi connectivity index (χ0n) is 12.3. The van der Waals surface area contributed by atoms with Gasteiger partial charge in [-0.2, -0.15) is 0 Å². The monoisotopic (exact) mass is 304 g/mol. The van der Waals surface area contributed by atoms with E-state index in [1.54, 1.807) is 0 Å². The number of ether oxygens (including phenoxy) is 1. The van der Waals surface area contributed by atoms with Crippen LogP contribution in [0.4, 0.5) is 4.79 Å². The molecule has 6 nitrogen and oxygen atoms in total. The first-order valence-electron chi connectivity index (χ1n) is 6.98. The van der Waals surface area contributed by atoms with Gasteiger partial charge < -0.3 is 14.7 Å². The highest BCUT2D eigenvalue weighted by molar-refractivity contribution is 7.84. The summed E-state index contributed by atoms with van der Waals surface area (Å²) in [6.07, 6.45) is 0.665. The van der Waals surface area contributed by atoms with Crippen molar-refractivity contribution in [3.8, 4) is 0 Å². The minimum absolute atomic E-state index is 0.0403. The van der Waals surface area contributed by atoms with E-state index in [2.05, 4.69) is 4.72 Å². The molecule has 2 saturated heterocycles. The van der Waals surface area contributed by atoms with Gasteiger partial charge >= 0.3 is 6.09 Å². The van der Waals surface area contributed by atoms with Crippen LogP contribution in [0.25, 0.3) is 0 Å². The lowest BCUT2D eigenvalue weighted by Crippen LogP contribution is -2.53. The maximum absolute atomic E-state index is 12.3. The van der Waals surface area contributed by atoms with Gasteiger partial charge in [0.2, 0.25) is 0 Å². The lowest BCUT2D eigenvalue weighted by molar-refractivity contribution is 0.0695. The Balaban J connectivity index is 2.01. The Kier molecular flexibility index (Phi) is 4.41. The Morgan fingerprint density at radius 1 is 1.40 bits per heavy atom. The molecular weight excluding hydrogens is 280 g/mol. The number of carboxylic acid groups (broad SMARTS) is 1. The number of carbonyl (C=O) groups is 1. The topological polar surface area (TPSA) is 78.9 Å². The van der Waals surface area contributed by atoms with E-state index in [0.29, 0.717) is 26.3 Å². The fraction of sp³-hybridized carbons (Fsp3) is 0.923. The summed E-state index contributed by atoms with van der Waals surface area (Å²) in [5.74, 6) is 0. The molecule has 2 aliphatic heterocycles. The molecule has 1 spiro atoms. The predicted molar refractivity (Wildman–Crippen MR) is 76.9 cm³/mol. The smallest absolute Gasteiger partial charge is 0.407 e. The van der Waals surface area contributed by atoms with Crippen LogP contribution in [0, 0.1) is 5.41 Å². The van der Waals surface area contributed by atoms with Crippen LogP contribution < -0.4 is 4.72 Å². The van der Waals surface area contributed by atoms with E-state index in [4.69, 9.17) is 9.84 Å². The van der Waals surface area contributed by atoms with Gasteiger partial charge in [0.05, 0.1) is 35.0 Å². The summed E-state index contributed by atoms with van der Waals surface area (Å²) in [7, 11) is -1.13. The fourth-order valence-electron chi connectivity index (χ4n) is 2.76. The van der Waals surface area contributed by atoms with E-state index in [-0.39, 0.29) is 16.2 Å². The van der Waals surface area contributed by atoms with Crippen LogP contribution in [-0.4, -0.2) is 57.4 Å². The molecule has 20 heavy (non-hydrogen) atoms. The summed E-state index contributed by atoms with van der Waals surface area (Å²) < 4.78 is 20.7. The Bertz CT molecular complexity index is 400. The van der Waals surface area contributed by atoms with Gasteiger partial charge in [-0.1, -0.05) is 0 Å². The second-order valence-electron chi connectivity index (χ2n) is 6.70. The minimum Gasteiger partial charge on any atom is -0.465 e. The Labute approximate surface area is 122 Å². The molecule has 2 heterocycles. The van der Waals surface area contributed by atoms with Crippen molar-refractivity contribution in [3.05, 3.63) is 0 Å². The van der Waals surface area contributed by atoms with Gasteiger partial charge in [-0.25, -0.2) is 13.7 Å². The number of rotatable bonds is 2. The van der Waals surface area contributed by atoms with E-state index in [1.165, 1.54) is 4.90 Å². The van der Waals surface area contributed by atoms with Crippen LogP contribution in [0.5, 0.6) is 0 Å². The van der Waals surface area contributed by atoms with E-state index < -0.39 is 17.1 Å². The molecule has 7 heteroatoms. The van der Waals surface area contributed by atoms with Gasteiger partial charge in [0.25, 0.3) is 0 Å². The van der Waals surface area contributed by atoms with Gasteiger partial charge in [-0.05, 0) is 33.6 Å². The lowest BCUT2D eigenvalue weighted by Gasteiger charge is -2.41. The first-order valence-corrected chi connectivity index (χ1v) is 8.13. The van der Waals surface area contributed by atoms with E-state index in [9.17, 15) is 9.00 Å². The summed E-state index contributed by atoms with van der Waals surface area (Å²) in [5.41, 5.74) is -0.0765. The molecule has 2 fully saturated rings. The number of likely N-dealkylation sites (tertiary alicyclic amines) is 1. The second kappa shape index (κ2) is 5.61. The van der Waals surface area contributed by atoms with Gasteiger partial charge in [-0.15, -0.1) is 0 Å². The van der Waals surface area contributed by atoms with E-state index in [0.717, 1.165) is 12.8 Å². The standard InChI is InChI=1S/C13H24N2O4S/c1-12(2,3)20(18)14-10-8-19-9-13(10)4-6-15(7-5-13)11(16)17/h10,14H,4-9H2,1-3H3,(H,16,17)/t10?,20-/m1/s1. The third kappa shape index (κ3) is 3.15. The first kappa shape index (κ1) is 15.7. The zero-order chi connectivity index (χ0) is 15.0. The molecule has 2 rings (SSSR count). The van der Waals surface area contributed by atoms with Crippen molar-refractivity contribution >= 4 is 17.1 Å². The maximum Gasteiger partial charge on any atom is 0.407 e. The van der Waals surface area contributed by atoms with Gasteiger partial charge in [-0.3, -0.25) is 0 Å². The van der Waals surface area contributed by atoms with Crippen LogP contribution >= 0.6 is 0 Å². The predicted octanol–water partition coefficient (Wildman–Crippen LogP) is 1.20. The minimum atomic E-state index is -1.13. The van der Waals surface area contributed by atoms with Crippen molar-refractivity contribution < 1.29 is 18.8 Å².